The standard InChI is InChI=1S/C32H29Cl2N5O8/c33-23-17-27-28(18-24(23)34)37(12-10-32(44)45)29(36(27)11-9-31(42)43)7-5-22(19-35)6-8-30-38(13-15-46-20-40)25-3-1-2-4-26(25)39(30)14-16-47-21-41/h1-8,17-18,20-21H,9-16H2,(H-,42,43,44,45)/p+1. The Morgan fingerprint density at radius 2 is 1.51 bits per heavy atom. The van der Waals surface area contributed by atoms with E-state index in [2.05, 4.69) is 6.07 Å². The fraction of sp³-hybridized carbons (Fsp3) is 0.250. The summed E-state index contributed by atoms with van der Waals surface area (Å²) in [6, 6.07) is 12.8. The van der Waals surface area contributed by atoms with E-state index in [1.165, 1.54) is 6.08 Å². The average molecular weight is 684 g/mol. The molecule has 1 aliphatic heterocycles. The number of rotatable bonds is 17. The summed E-state index contributed by atoms with van der Waals surface area (Å²) >= 11 is 12.6. The van der Waals surface area contributed by atoms with E-state index in [1.807, 2.05) is 33.4 Å². The number of fused-ring (bicyclic) bond motifs is 2. The molecule has 0 aliphatic carbocycles. The minimum atomic E-state index is -1.04. The number of halogens is 2. The van der Waals surface area contributed by atoms with Crippen LogP contribution in [0, 0.1) is 11.3 Å². The molecular weight excluding hydrogens is 653 g/mol. The zero-order valence-electron chi connectivity index (χ0n) is 24.9. The van der Waals surface area contributed by atoms with Gasteiger partial charge < -0.3 is 29.5 Å². The Kier molecular flexibility index (Phi) is 12.0. The molecule has 13 nitrogen and oxygen atoms in total. The second-order valence-corrected chi connectivity index (χ2v) is 10.8. The van der Waals surface area contributed by atoms with E-state index in [0.29, 0.717) is 49.1 Å². The minimum absolute atomic E-state index is 0.0348. The predicted octanol–water partition coefficient (Wildman–Crippen LogP) is 4.16. The van der Waals surface area contributed by atoms with Crippen LogP contribution in [-0.2, 0) is 41.7 Å². The number of aromatic nitrogens is 2. The van der Waals surface area contributed by atoms with Crippen molar-refractivity contribution in [3.63, 3.8) is 0 Å². The summed E-state index contributed by atoms with van der Waals surface area (Å²) in [7, 11) is 0. The van der Waals surface area contributed by atoms with Gasteiger partial charge in [0.2, 0.25) is 0 Å². The summed E-state index contributed by atoms with van der Waals surface area (Å²) in [6.07, 6.45) is 5.97. The van der Waals surface area contributed by atoms with Gasteiger partial charge in [-0.1, -0.05) is 35.3 Å². The van der Waals surface area contributed by atoms with Gasteiger partial charge in [0.1, 0.15) is 32.1 Å². The average Bonchev–Trinajstić information content (AvgIpc) is 3.50. The summed E-state index contributed by atoms with van der Waals surface area (Å²) in [5, 5.41) is 29.4. The van der Waals surface area contributed by atoms with Crippen LogP contribution in [0.15, 0.2) is 66.0 Å². The number of hydrogen-bond donors (Lipinski definition) is 2. The van der Waals surface area contributed by atoms with Gasteiger partial charge in [-0.25, -0.2) is 9.13 Å². The van der Waals surface area contributed by atoms with Crippen LogP contribution in [0.1, 0.15) is 18.7 Å². The van der Waals surface area contributed by atoms with E-state index in [4.69, 9.17) is 32.7 Å². The Hall–Kier alpha value is -5.32. The first kappa shape index (κ1) is 34.6. The molecule has 0 saturated heterocycles. The lowest BCUT2D eigenvalue weighted by Gasteiger charge is -2.24. The highest BCUT2D eigenvalue weighted by atomic mass is 35.5. The SMILES string of the molecule is N#CC(=C\C=C1N(CCC(=O)O)c2cc(Cl)c(Cl)cc2N1CCC(=O)O)/C=C/c1n(CCOC=O)c2ccccc2[n+]1CCOC=O. The Labute approximate surface area is 279 Å². The van der Waals surface area contributed by atoms with Gasteiger partial charge in [0.05, 0.1) is 45.9 Å². The molecule has 1 aromatic heterocycles. The van der Waals surface area contributed by atoms with Gasteiger partial charge in [-0.05, 0) is 42.5 Å². The lowest BCUT2D eigenvalue weighted by Crippen LogP contribution is -2.38. The van der Waals surface area contributed by atoms with Gasteiger partial charge in [0, 0.05) is 19.2 Å². The van der Waals surface area contributed by atoms with Crippen LogP contribution in [-0.4, -0.2) is 66.0 Å². The number of allylic oxidation sites excluding steroid dienone is 4. The highest BCUT2D eigenvalue weighted by molar-refractivity contribution is 6.42. The molecule has 0 spiro atoms. The molecule has 47 heavy (non-hydrogen) atoms. The molecular formula is C32H30Cl2N5O8+. The second kappa shape index (κ2) is 16.3. The molecule has 0 bridgehead atoms. The first-order chi connectivity index (χ1) is 22.7. The number of hydrogen-bond acceptors (Lipinski definition) is 9. The molecule has 1 aliphatic rings. The number of ether oxygens (including phenoxy) is 2. The number of nitrogens with zero attached hydrogens (tertiary/aromatic N) is 5. The van der Waals surface area contributed by atoms with Gasteiger partial charge in [0.25, 0.3) is 18.8 Å². The van der Waals surface area contributed by atoms with Crippen molar-refractivity contribution in [3.8, 4) is 6.07 Å². The zero-order valence-corrected chi connectivity index (χ0v) is 26.4. The number of carboxylic acid groups (broad SMARTS) is 2. The normalized spacial score (nSPS) is 12.7. The molecule has 0 amide bonds. The topological polar surface area (TPSA) is 166 Å². The molecule has 2 aromatic carbocycles. The van der Waals surface area contributed by atoms with Crippen LogP contribution in [0.2, 0.25) is 10.0 Å². The molecule has 3 aromatic rings. The number of benzene rings is 2. The van der Waals surface area contributed by atoms with Crippen molar-refractivity contribution in [2.75, 3.05) is 36.1 Å². The Morgan fingerprint density at radius 1 is 0.915 bits per heavy atom. The monoisotopic (exact) mass is 682 g/mol. The molecule has 244 valence electrons. The molecule has 0 radical (unpaired) electrons. The summed E-state index contributed by atoms with van der Waals surface area (Å²) < 4.78 is 13.7. The molecule has 0 saturated carbocycles. The first-order valence-corrected chi connectivity index (χ1v) is 15.0. The third-order valence-electron chi connectivity index (χ3n) is 7.22. The fourth-order valence-corrected chi connectivity index (χ4v) is 5.54. The van der Waals surface area contributed by atoms with E-state index in [0.717, 1.165) is 11.0 Å². The van der Waals surface area contributed by atoms with Crippen molar-refractivity contribution in [1.29, 1.82) is 5.26 Å². The van der Waals surface area contributed by atoms with Gasteiger partial charge in [-0.3, -0.25) is 19.2 Å². The van der Waals surface area contributed by atoms with Crippen LogP contribution >= 0.6 is 23.2 Å². The molecule has 4 rings (SSSR count). The maximum Gasteiger partial charge on any atom is 0.305 e. The lowest BCUT2D eigenvalue weighted by molar-refractivity contribution is -0.675. The number of nitriles is 1. The van der Waals surface area contributed by atoms with Crippen LogP contribution in [0.3, 0.4) is 0 Å². The number of para-hydroxylation sites is 2. The van der Waals surface area contributed by atoms with Crippen molar-refractivity contribution in [2.45, 2.75) is 25.9 Å². The molecule has 2 N–H and O–H groups in total. The number of carbonyl (C=O) groups is 4. The molecule has 15 heteroatoms. The van der Waals surface area contributed by atoms with E-state index >= 15 is 0 Å². The van der Waals surface area contributed by atoms with E-state index in [1.54, 1.807) is 40.2 Å². The van der Waals surface area contributed by atoms with Gasteiger partial charge >= 0.3 is 11.9 Å². The van der Waals surface area contributed by atoms with Crippen molar-refractivity contribution in [2.24, 2.45) is 0 Å². The van der Waals surface area contributed by atoms with Gasteiger partial charge in [-0.15, -0.1) is 0 Å². The van der Waals surface area contributed by atoms with Gasteiger partial charge in [-0.2, -0.15) is 5.26 Å². The smallest absolute Gasteiger partial charge is 0.305 e. The minimum Gasteiger partial charge on any atom is -0.481 e. The van der Waals surface area contributed by atoms with Gasteiger partial charge in [0.15, 0.2) is 11.0 Å². The number of carbonyl (C=O) groups excluding carboxylic acids is 2. The van der Waals surface area contributed by atoms with Crippen molar-refractivity contribution in [3.05, 3.63) is 81.9 Å². The quantitative estimate of drug-likeness (QED) is 0.0690. The predicted molar refractivity (Wildman–Crippen MR) is 173 cm³/mol. The third-order valence-corrected chi connectivity index (χ3v) is 7.94. The Morgan fingerprint density at radius 3 is 2.09 bits per heavy atom. The number of imidazole rings is 1. The number of anilines is 2. The number of carboxylic acids is 2. The summed E-state index contributed by atoms with van der Waals surface area (Å²) in [5.41, 5.74) is 2.93. The van der Waals surface area contributed by atoms with Crippen molar-refractivity contribution < 1.29 is 43.4 Å². The van der Waals surface area contributed by atoms with E-state index in [9.17, 15) is 34.7 Å². The maximum absolute atomic E-state index is 11.5. The van der Waals surface area contributed by atoms with Crippen LogP contribution in [0.5, 0.6) is 0 Å². The Balaban J connectivity index is 1.79. The van der Waals surface area contributed by atoms with Crippen LogP contribution in [0.4, 0.5) is 11.4 Å². The van der Waals surface area contributed by atoms with E-state index < -0.39 is 11.9 Å². The lowest BCUT2D eigenvalue weighted by atomic mass is 10.2. The maximum atomic E-state index is 11.5. The summed E-state index contributed by atoms with van der Waals surface area (Å²) in [6.45, 7) is 1.58. The highest BCUT2D eigenvalue weighted by Crippen LogP contribution is 2.45. The summed E-state index contributed by atoms with van der Waals surface area (Å²) in [5.74, 6) is -1.00. The molecule has 0 atom stereocenters. The van der Waals surface area contributed by atoms with Crippen molar-refractivity contribution in [1.82, 2.24) is 4.57 Å². The number of aliphatic carboxylic acids is 2. The molecule has 0 fully saturated rings. The fourth-order valence-electron chi connectivity index (χ4n) is 5.22. The third kappa shape index (κ3) is 8.29. The largest absolute Gasteiger partial charge is 0.481 e. The molecule has 2 heterocycles. The molecule has 0 unspecified atom stereocenters. The zero-order chi connectivity index (χ0) is 33.9. The van der Waals surface area contributed by atoms with E-state index in [-0.39, 0.29) is 54.8 Å². The van der Waals surface area contributed by atoms with Crippen LogP contribution < -0.4 is 14.4 Å². The van der Waals surface area contributed by atoms with Crippen molar-refractivity contribution >= 4 is 76.6 Å². The highest BCUT2D eigenvalue weighted by Gasteiger charge is 2.32. The first-order valence-electron chi connectivity index (χ1n) is 14.3. The van der Waals surface area contributed by atoms with Crippen LogP contribution in [0.25, 0.3) is 17.1 Å². The Bertz CT molecular complexity index is 1710. The second-order valence-electron chi connectivity index (χ2n) is 10.0. The summed E-state index contributed by atoms with van der Waals surface area (Å²) in [4.78, 5) is 48.1.